The highest BCUT2D eigenvalue weighted by Crippen LogP contribution is 2.28. The first-order valence-corrected chi connectivity index (χ1v) is 10.5. The molecule has 5 rings (SSSR count). The van der Waals surface area contributed by atoms with E-state index in [0.717, 1.165) is 38.0 Å². The van der Waals surface area contributed by atoms with Crippen LogP contribution in [0.15, 0.2) is 60.7 Å². The van der Waals surface area contributed by atoms with Crippen LogP contribution >= 0.6 is 0 Å². The number of nitrogens with zero attached hydrogens (tertiary/aromatic N) is 1. The van der Waals surface area contributed by atoms with Gasteiger partial charge in [-0.3, -0.25) is 4.90 Å². The average molecular weight is 371 g/mol. The Balaban J connectivity index is 1.24. The van der Waals surface area contributed by atoms with Gasteiger partial charge >= 0.3 is 0 Å². The molecule has 0 amide bonds. The molecule has 0 N–H and O–H groups in total. The summed E-state index contributed by atoms with van der Waals surface area (Å²) in [7, 11) is 0. The molecule has 0 fully saturated rings. The van der Waals surface area contributed by atoms with Gasteiger partial charge in [0, 0.05) is 19.6 Å². The SMILES string of the molecule is Fc1cccc(C2=CCN(CCc3ccc4cc5c(cc4c3)CCC5)CC2)c1. The van der Waals surface area contributed by atoms with Gasteiger partial charge < -0.3 is 0 Å². The van der Waals surface area contributed by atoms with Gasteiger partial charge in [-0.15, -0.1) is 0 Å². The van der Waals surface area contributed by atoms with Gasteiger partial charge in [0.25, 0.3) is 0 Å². The van der Waals surface area contributed by atoms with Gasteiger partial charge in [-0.2, -0.15) is 0 Å². The van der Waals surface area contributed by atoms with Gasteiger partial charge in [0.1, 0.15) is 5.82 Å². The Kier molecular flexibility index (Phi) is 4.74. The summed E-state index contributed by atoms with van der Waals surface area (Å²) >= 11 is 0. The zero-order valence-electron chi connectivity index (χ0n) is 16.3. The molecule has 0 saturated carbocycles. The standard InChI is InChI=1S/C26H26FN/c27-26-6-2-5-23(18-26)20-10-13-28(14-11-20)12-9-19-7-8-24-16-21-3-1-4-22(21)17-25(24)15-19/h2,5-8,10,15-18H,1,3-4,9,11-14H2. The number of fused-ring (bicyclic) bond motifs is 2. The second-order valence-electron chi connectivity index (χ2n) is 8.20. The van der Waals surface area contributed by atoms with E-state index in [0.29, 0.717) is 0 Å². The van der Waals surface area contributed by atoms with Crippen LogP contribution in [0.2, 0.25) is 0 Å². The Bertz CT molecular complexity index is 1050. The minimum absolute atomic E-state index is 0.150. The number of rotatable bonds is 4. The third-order valence-corrected chi connectivity index (χ3v) is 6.32. The van der Waals surface area contributed by atoms with E-state index < -0.39 is 0 Å². The van der Waals surface area contributed by atoms with Crippen LogP contribution in [0.4, 0.5) is 4.39 Å². The molecule has 0 atom stereocenters. The van der Waals surface area contributed by atoms with E-state index in [1.807, 2.05) is 6.07 Å². The third kappa shape index (κ3) is 3.62. The van der Waals surface area contributed by atoms with Crippen LogP contribution in [-0.4, -0.2) is 24.5 Å². The smallest absolute Gasteiger partial charge is 0.123 e. The number of aryl methyl sites for hydroxylation is 2. The first kappa shape index (κ1) is 17.6. The molecule has 28 heavy (non-hydrogen) atoms. The van der Waals surface area contributed by atoms with E-state index in [2.05, 4.69) is 41.3 Å². The lowest BCUT2D eigenvalue weighted by Gasteiger charge is -2.26. The van der Waals surface area contributed by atoms with Crippen LogP contribution in [-0.2, 0) is 19.3 Å². The van der Waals surface area contributed by atoms with E-state index in [9.17, 15) is 4.39 Å². The van der Waals surface area contributed by atoms with Crippen molar-refractivity contribution in [2.24, 2.45) is 0 Å². The van der Waals surface area contributed by atoms with Gasteiger partial charge in [-0.1, -0.05) is 48.5 Å². The summed E-state index contributed by atoms with van der Waals surface area (Å²) in [4.78, 5) is 2.50. The van der Waals surface area contributed by atoms with Gasteiger partial charge in [0.15, 0.2) is 0 Å². The van der Waals surface area contributed by atoms with Crippen molar-refractivity contribution >= 4 is 16.3 Å². The molecule has 1 aliphatic carbocycles. The molecule has 1 nitrogen and oxygen atoms in total. The molecule has 1 aliphatic heterocycles. The lowest BCUT2D eigenvalue weighted by atomic mass is 9.98. The van der Waals surface area contributed by atoms with Crippen molar-refractivity contribution in [3.63, 3.8) is 0 Å². The number of benzene rings is 3. The Labute approximate surface area is 166 Å². The van der Waals surface area contributed by atoms with E-state index in [1.54, 1.807) is 23.3 Å². The van der Waals surface area contributed by atoms with Crippen molar-refractivity contribution < 1.29 is 4.39 Å². The topological polar surface area (TPSA) is 3.24 Å². The quantitative estimate of drug-likeness (QED) is 0.560. The Morgan fingerprint density at radius 1 is 0.857 bits per heavy atom. The molecular weight excluding hydrogens is 345 g/mol. The summed E-state index contributed by atoms with van der Waals surface area (Å²) in [6, 6.07) is 18.7. The lowest BCUT2D eigenvalue weighted by Crippen LogP contribution is -2.30. The monoisotopic (exact) mass is 371 g/mol. The highest BCUT2D eigenvalue weighted by atomic mass is 19.1. The predicted octanol–water partition coefficient (Wildman–Crippen LogP) is 5.80. The minimum Gasteiger partial charge on any atom is -0.299 e. The molecule has 3 aromatic rings. The maximum Gasteiger partial charge on any atom is 0.123 e. The summed E-state index contributed by atoms with van der Waals surface area (Å²) in [5.74, 6) is -0.150. The Hall–Kier alpha value is -2.45. The van der Waals surface area contributed by atoms with Crippen LogP contribution in [0.25, 0.3) is 16.3 Å². The molecule has 0 unspecified atom stereocenters. The van der Waals surface area contributed by atoms with Crippen molar-refractivity contribution in [3.05, 3.63) is 88.7 Å². The maximum absolute atomic E-state index is 13.5. The molecule has 2 heteroatoms. The lowest BCUT2D eigenvalue weighted by molar-refractivity contribution is 0.306. The van der Waals surface area contributed by atoms with E-state index >= 15 is 0 Å². The number of hydrogen-bond acceptors (Lipinski definition) is 1. The van der Waals surface area contributed by atoms with Gasteiger partial charge in [-0.05, 0) is 82.8 Å². The van der Waals surface area contributed by atoms with Crippen molar-refractivity contribution in [1.82, 2.24) is 4.90 Å². The first-order valence-electron chi connectivity index (χ1n) is 10.5. The minimum atomic E-state index is -0.150. The predicted molar refractivity (Wildman–Crippen MR) is 115 cm³/mol. The third-order valence-electron chi connectivity index (χ3n) is 6.32. The highest BCUT2D eigenvalue weighted by molar-refractivity contribution is 5.85. The molecule has 0 bridgehead atoms. The summed E-state index contributed by atoms with van der Waals surface area (Å²) in [5, 5.41) is 2.77. The van der Waals surface area contributed by atoms with Gasteiger partial charge in [0.05, 0.1) is 0 Å². The molecular formula is C26H26FN. The fourth-order valence-corrected chi connectivity index (χ4v) is 4.68. The maximum atomic E-state index is 13.5. The van der Waals surface area contributed by atoms with Crippen LogP contribution in [0, 0.1) is 5.82 Å². The summed E-state index contributed by atoms with van der Waals surface area (Å²) in [5.41, 5.74) is 6.83. The molecule has 0 spiro atoms. The number of hydrogen-bond donors (Lipinski definition) is 0. The molecule has 142 valence electrons. The van der Waals surface area contributed by atoms with Crippen molar-refractivity contribution in [2.75, 3.05) is 19.6 Å². The van der Waals surface area contributed by atoms with Crippen LogP contribution in [0.5, 0.6) is 0 Å². The first-order chi connectivity index (χ1) is 13.7. The fraction of sp³-hybridized carbons (Fsp3) is 0.308. The number of halogens is 1. The van der Waals surface area contributed by atoms with Crippen molar-refractivity contribution in [3.8, 4) is 0 Å². The van der Waals surface area contributed by atoms with E-state index in [-0.39, 0.29) is 5.82 Å². The average Bonchev–Trinajstić information content (AvgIpc) is 3.18. The Morgan fingerprint density at radius 3 is 2.50 bits per heavy atom. The van der Waals surface area contributed by atoms with Crippen LogP contribution < -0.4 is 0 Å². The van der Waals surface area contributed by atoms with Crippen molar-refractivity contribution in [1.29, 1.82) is 0 Å². The second-order valence-corrected chi connectivity index (χ2v) is 8.20. The summed E-state index contributed by atoms with van der Waals surface area (Å²) in [6.45, 7) is 3.07. The summed E-state index contributed by atoms with van der Waals surface area (Å²) < 4.78 is 13.5. The van der Waals surface area contributed by atoms with E-state index in [4.69, 9.17) is 0 Å². The van der Waals surface area contributed by atoms with Crippen LogP contribution in [0.1, 0.15) is 35.1 Å². The normalized spacial score (nSPS) is 17.0. The molecule has 2 aliphatic rings. The largest absolute Gasteiger partial charge is 0.299 e. The van der Waals surface area contributed by atoms with Gasteiger partial charge in [-0.25, -0.2) is 4.39 Å². The highest BCUT2D eigenvalue weighted by Gasteiger charge is 2.14. The zero-order chi connectivity index (χ0) is 18.9. The zero-order valence-corrected chi connectivity index (χ0v) is 16.3. The van der Waals surface area contributed by atoms with Crippen molar-refractivity contribution in [2.45, 2.75) is 32.1 Å². The molecule has 1 heterocycles. The second kappa shape index (κ2) is 7.52. The molecule has 0 aromatic heterocycles. The summed E-state index contributed by atoms with van der Waals surface area (Å²) in [6.07, 6.45) is 8.13. The van der Waals surface area contributed by atoms with Gasteiger partial charge in [0.2, 0.25) is 0 Å². The molecule has 0 saturated heterocycles. The van der Waals surface area contributed by atoms with E-state index in [1.165, 1.54) is 47.2 Å². The molecule has 3 aromatic carbocycles. The molecule has 0 radical (unpaired) electrons. The van der Waals surface area contributed by atoms with Crippen LogP contribution in [0.3, 0.4) is 0 Å². The fourth-order valence-electron chi connectivity index (χ4n) is 4.68. The Morgan fingerprint density at radius 2 is 1.71 bits per heavy atom.